The Morgan fingerprint density at radius 1 is 1.00 bits per heavy atom. The van der Waals surface area contributed by atoms with Crippen molar-refractivity contribution in [1.29, 1.82) is 0 Å². The van der Waals surface area contributed by atoms with Crippen LogP contribution in [0.3, 0.4) is 0 Å². The maximum absolute atomic E-state index is 13.5. The Hall–Kier alpha value is -1.95. The van der Waals surface area contributed by atoms with Crippen molar-refractivity contribution in [3.05, 3.63) is 35.1 Å². The number of halogens is 1. The van der Waals surface area contributed by atoms with Crippen LogP contribution in [0.15, 0.2) is 18.2 Å². The van der Waals surface area contributed by atoms with Gasteiger partial charge < -0.3 is 9.80 Å². The molecule has 0 bridgehead atoms. The van der Waals surface area contributed by atoms with Gasteiger partial charge in [0.05, 0.1) is 6.04 Å². The number of likely N-dealkylation sites (tertiary alicyclic amines) is 1. The van der Waals surface area contributed by atoms with E-state index in [0.717, 1.165) is 31.5 Å². The summed E-state index contributed by atoms with van der Waals surface area (Å²) in [6.07, 6.45) is 2.18. The van der Waals surface area contributed by atoms with Gasteiger partial charge in [-0.1, -0.05) is 6.07 Å². The molecule has 0 aliphatic carbocycles. The molecule has 0 N–H and O–H groups in total. The highest BCUT2D eigenvalue weighted by Crippen LogP contribution is 2.17. The Balaban J connectivity index is 1.58. The van der Waals surface area contributed by atoms with E-state index in [-0.39, 0.29) is 17.9 Å². The van der Waals surface area contributed by atoms with Gasteiger partial charge in [-0.25, -0.2) is 4.39 Å². The number of piperazine rings is 1. The first-order chi connectivity index (χ1) is 12.0. The first-order valence-corrected chi connectivity index (χ1v) is 9.05. The molecular formula is C19H26FN3O2. The number of carbonyl (C=O) groups excluding carboxylic acids is 2. The first-order valence-electron chi connectivity index (χ1n) is 9.05. The normalized spacial score (nSPS) is 20.0. The molecule has 1 aromatic carbocycles. The Labute approximate surface area is 148 Å². The van der Waals surface area contributed by atoms with Gasteiger partial charge >= 0.3 is 0 Å². The Bertz CT molecular complexity index is 650. The van der Waals surface area contributed by atoms with Crippen molar-refractivity contribution < 1.29 is 14.0 Å². The molecule has 1 atom stereocenters. The van der Waals surface area contributed by atoms with Gasteiger partial charge in [-0.2, -0.15) is 0 Å². The summed E-state index contributed by atoms with van der Waals surface area (Å²) in [5, 5.41) is 0. The maximum atomic E-state index is 13.5. The molecule has 1 aromatic rings. The summed E-state index contributed by atoms with van der Waals surface area (Å²) in [6.45, 7) is 7.95. The van der Waals surface area contributed by atoms with Gasteiger partial charge in [0, 0.05) is 44.8 Å². The van der Waals surface area contributed by atoms with Crippen molar-refractivity contribution >= 4 is 11.8 Å². The summed E-state index contributed by atoms with van der Waals surface area (Å²) in [6, 6.07) is 4.17. The number of hydrogen-bond acceptors (Lipinski definition) is 3. The van der Waals surface area contributed by atoms with Gasteiger partial charge in [0.2, 0.25) is 5.91 Å². The molecule has 25 heavy (non-hydrogen) atoms. The van der Waals surface area contributed by atoms with Crippen LogP contribution < -0.4 is 0 Å². The second-order valence-corrected chi connectivity index (χ2v) is 7.00. The molecule has 3 rings (SSSR count). The summed E-state index contributed by atoms with van der Waals surface area (Å²) in [7, 11) is 0. The maximum Gasteiger partial charge on any atom is 0.254 e. The van der Waals surface area contributed by atoms with Crippen LogP contribution in [0.5, 0.6) is 0 Å². The SMILES string of the molecule is Cc1ccc(F)cc1C(=O)N1CCN([C@@H](C)C(=O)N2CCCC2)CC1. The number of carbonyl (C=O) groups is 2. The van der Waals surface area contributed by atoms with Crippen LogP contribution in [0.2, 0.25) is 0 Å². The summed E-state index contributed by atoms with van der Waals surface area (Å²) >= 11 is 0. The summed E-state index contributed by atoms with van der Waals surface area (Å²) in [5.74, 6) is -0.328. The minimum Gasteiger partial charge on any atom is -0.341 e. The molecule has 2 aliphatic rings. The molecule has 5 nitrogen and oxygen atoms in total. The number of benzene rings is 1. The smallest absolute Gasteiger partial charge is 0.254 e. The number of amides is 2. The number of nitrogens with zero attached hydrogens (tertiary/aromatic N) is 3. The van der Waals surface area contributed by atoms with Crippen molar-refractivity contribution in [2.24, 2.45) is 0 Å². The molecule has 0 spiro atoms. The predicted molar refractivity (Wildman–Crippen MR) is 93.9 cm³/mol. The van der Waals surface area contributed by atoms with Crippen LogP contribution in [0.25, 0.3) is 0 Å². The largest absolute Gasteiger partial charge is 0.341 e. The van der Waals surface area contributed by atoms with E-state index in [4.69, 9.17) is 0 Å². The fourth-order valence-corrected chi connectivity index (χ4v) is 3.67. The predicted octanol–water partition coefficient (Wildman–Crippen LogP) is 1.90. The van der Waals surface area contributed by atoms with E-state index in [2.05, 4.69) is 4.90 Å². The third-order valence-electron chi connectivity index (χ3n) is 5.35. The van der Waals surface area contributed by atoms with Gasteiger partial charge in [-0.05, 0) is 44.4 Å². The van der Waals surface area contributed by atoms with Crippen LogP contribution in [-0.4, -0.2) is 71.8 Å². The lowest BCUT2D eigenvalue weighted by atomic mass is 10.1. The van der Waals surface area contributed by atoms with Crippen LogP contribution >= 0.6 is 0 Å². The molecule has 2 heterocycles. The molecule has 0 saturated carbocycles. The molecule has 2 fully saturated rings. The highest BCUT2D eigenvalue weighted by molar-refractivity contribution is 5.95. The zero-order chi connectivity index (χ0) is 18.0. The van der Waals surface area contributed by atoms with E-state index in [0.29, 0.717) is 31.7 Å². The zero-order valence-corrected chi connectivity index (χ0v) is 15.0. The molecule has 2 aliphatic heterocycles. The molecule has 0 unspecified atom stereocenters. The standard InChI is InChI=1S/C19H26FN3O2/c1-14-5-6-16(20)13-17(14)19(25)23-11-9-21(10-12-23)15(2)18(24)22-7-3-4-8-22/h5-6,13,15H,3-4,7-12H2,1-2H3/t15-/m0/s1. The van der Waals surface area contributed by atoms with Gasteiger partial charge in [0.25, 0.3) is 5.91 Å². The molecule has 0 radical (unpaired) electrons. The lowest BCUT2D eigenvalue weighted by Gasteiger charge is -2.38. The van der Waals surface area contributed by atoms with E-state index in [1.165, 1.54) is 12.1 Å². The van der Waals surface area contributed by atoms with Gasteiger partial charge in [0.1, 0.15) is 5.82 Å². The summed E-state index contributed by atoms with van der Waals surface area (Å²) < 4.78 is 13.5. The summed E-state index contributed by atoms with van der Waals surface area (Å²) in [5.41, 5.74) is 1.21. The Kier molecular flexibility index (Phi) is 5.37. The monoisotopic (exact) mass is 347 g/mol. The average Bonchev–Trinajstić information content (AvgIpc) is 3.16. The van der Waals surface area contributed by atoms with E-state index in [1.807, 2.05) is 18.7 Å². The van der Waals surface area contributed by atoms with Crippen LogP contribution in [0, 0.1) is 12.7 Å². The molecule has 136 valence electrons. The minimum absolute atomic E-state index is 0.129. The molecular weight excluding hydrogens is 321 g/mol. The second-order valence-electron chi connectivity index (χ2n) is 7.00. The highest BCUT2D eigenvalue weighted by Gasteiger charge is 2.31. The van der Waals surface area contributed by atoms with Crippen molar-refractivity contribution in [1.82, 2.24) is 14.7 Å². The third kappa shape index (κ3) is 3.84. The van der Waals surface area contributed by atoms with E-state index in [1.54, 1.807) is 11.0 Å². The number of rotatable bonds is 3. The van der Waals surface area contributed by atoms with Crippen LogP contribution in [0.4, 0.5) is 4.39 Å². The van der Waals surface area contributed by atoms with Gasteiger partial charge in [-0.3, -0.25) is 14.5 Å². The third-order valence-corrected chi connectivity index (χ3v) is 5.35. The summed E-state index contributed by atoms with van der Waals surface area (Å²) in [4.78, 5) is 31.0. The Morgan fingerprint density at radius 2 is 1.64 bits per heavy atom. The molecule has 2 saturated heterocycles. The Morgan fingerprint density at radius 3 is 2.28 bits per heavy atom. The minimum atomic E-state index is -0.391. The lowest BCUT2D eigenvalue weighted by Crippen LogP contribution is -2.55. The van der Waals surface area contributed by atoms with Crippen LogP contribution in [0.1, 0.15) is 35.7 Å². The topological polar surface area (TPSA) is 43.9 Å². The van der Waals surface area contributed by atoms with Crippen molar-refractivity contribution in [2.45, 2.75) is 32.7 Å². The average molecular weight is 347 g/mol. The van der Waals surface area contributed by atoms with Gasteiger partial charge in [0.15, 0.2) is 0 Å². The molecule has 2 amide bonds. The van der Waals surface area contributed by atoms with Crippen molar-refractivity contribution in [3.63, 3.8) is 0 Å². The first kappa shape index (κ1) is 17.9. The van der Waals surface area contributed by atoms with Crippen molar-refractivity contribution in [2.75, 3.05) is 39.3 Å². The van der Waals surface area contributed by atoms with Crippen LogP contribution in [-0.2, 0) is 4.79 Å². The lowest BCUT2D eigenvalue weighted by molar-refractivity contribution is -0.135. The van der Waals surface area contributed by atoms with E-state index in [9.17, 15) is 14.0 Å². The van der Waals surface area contributed by atoms with E-state index >= 15 is 0 Å². The highest BCUT2D eigenvalue weighted by atomic mass is 19.1. The number of hydrogen-bond donors (Lipinski definition) is 0. The fourth-order valence-electron chi connectivity index (χ4n) is 3.67. The fraction of sp³-hybridized carbons (Fsp3) is 0.579. The quantitative estimate of drug-likeness (QED) is 0.839. The molecule has 0 aromatic heterocycles. The van der Waals surface area contributed by atoms with E-state index < -0.39 is 5.82 Å². The zero-order valence-electron chi connectivity index (χ0n) is 15.0. The van der Waals surface area contributed by atoms with Gasteiger partial charge in [-0.15, -0.1) is 0 Å². The van der Waals surface area contributed by atoms with Crippen molar-refractivity contribution in [3.8, 4) is 0 Å². The second kappa shape index (κ2) is 7.52. The molecule has 6 heteroatoms. The number of aryl methyl sites for hydroxylation is 1.